The minimum absolute atomic E-state index is 0.405. The fraction of sp³-hybridized carbons (Fsp3) is 0.273. The second-order valence-corrected chi connectivity index (χ2v) is 3.52. The van der Waals surface area contributed by atoms with Crippen molar-refractivity contribution >= 4 is 18.1 Å². The van der Waals surface area contributed by atoms with Crippen LogP contribution in [-0.4, -0.2) is 31.1 Å². The van der Waals surface area contributed by atoms with E-state index in [1.165, 1.54) is 12.0 Å². The van der Waals surface area contributed by atoms with Gasteiger partial charge in [0.05, 0.1) is 18.4 Å². The SMILES string of the molecule is COc1cc2c(cc1C=O)CCN2C(=O)O. The summed E-state index contributed by atoms with van der Waals surface area (Å²) in [5.74, 6) is 0.405. The number of hydrogen-bond donors (Lipinski definition) is 1. The minimum Gasteiger partial charge on any atom is -0.496 e. The number of methoxy groups -OCH3 is 1. The average Bonchev–Trinajstić information content (AvgIpc) is 2.69. The Labute approximate surface area is 92.2 Å². The van der Waals surface area contributed by atoms with Gasteiger partial charge >= 0.3 is 6.09 Å². The molecule has 16 heavy (non-hydrogen) atoms. The molecule has 2 rings (SSSR count). The van der Waals surface area contributed by atoms with Crippen LogP contribution in [0.15, 0.2) is 12.1 Å². The summed E-state index contributed by atoms with van der Waals surface area (Å²) in [6.07, 6.45) is 0.356. The third-order valence-electron chi connectivity index (χ3n) is 2.68. The molecule has 1 aliphatic heterocycles. The lowest BCUT2D eigenvalue weighted by Gasteiger charge is -2.14. The maximum atomic E-state index is 10.9. The molecule has 0 unspecified atom stereocenters. The van der Waals surface area contributed by atoms with Crippen molar-refractivity contribution in [1.29, 1.82) is 0 Å². The predicted octanol–water partition coefficient (Wildman–Crippen LogP) is 1.55. The Balaban J connectivity index is 2.52. The summed E-state index contributed by atoms with van der Waals surface area (Å²) in [4.78, 5) is 23.0. The summed E-state index contributed by atoms with van der Waals surface area (Å²) in [5.41, 5.74) is 1.92. The molecule has 1 aliphatic rings. The molecule has 84 valence electrons. The first-order valence-electron chi connectivity index (χ1n) is 4.84. The zero-order chi connectivity index (χ0) is 11.7. The van der Waals surface area contributed by atoms with Gasteiger partial charge in [0, 0.05) is 12.6 Å². The number of carbonyl (C=O) groups is 2. The van der Waals surface area contributed by atoms with Gasteiger partial charge in [-0.15, -0.1) is 0 Å². The summed E-state index contributed by atoms with van der Waals surface area (Å²) in [6.45, 7) is 0.427. The van der Waals surface area contributed by atoms with Crippen LogP contribution in [0, 0.1) is 0 Å². The molecule has 0 radical (unpaired) electrons. The Morgan fingerprint density at radius 1 is 1.56 bits per heavy atom. The minimum atomic E-state index is -0.986. The van der Waals surface area contributed by atoms with Crippen molar-refractivity contribution in [2.75, 3.05) is 18.6 Å². The highest BCUT2D eigenvalue weighted by Crippen LogP contribution is 2.33. The summed E-state index contributed by atoms with van der Waals surface area (Å²) in [6, 6.07) is 3.28. The van der Waals surface area contributed by atoms with E-state index in [0.717, 1.165) is 5.56 Å². The van der Waals surface area contributed by atoms with Crippen LogP contribution in [0.4, 0.5) is 10.5 Å². The Morgan fingerprint density at radius 3 is 2.88 bits per heavy atom. The summed E-state index contributed by atoms with van der Waals surface area (Å²) in [5, 5.41) is 8.97. The highest BCUT2D eigenvalue weighted by Gasteiger charge is 2.25. The molecule has 5 nitrogen and oxygen atoms in total. The van der Waals surface area contributed by atoms with Crippen molar-refractivity contribution in [1.82, 2.24) is 0 Å². The molecule has 1 heterocycles. The number of carboxylic acid groups (broad SMARTS) is 1. The Morgan fingerprint density at radius 2 is 2.31 bits per heavy atom. The lowest BCUT2D eigenvalue weighted by molar-refractivity contribution is 0.112. The number of benzene rings is 1. The number of anilines is 1. The molecule has 0 saturated carbocycles. The van der Waals surface area contributed by atoms with E-state index in [4.69, 9.17) is 9.84 Å². The quantitative estimate of drug-likeness (QED) is 0.769. The van der Waals surface area contributed by atoms with Crippen molar-refractivity contribution in [2.24, 2.45) is 0 Å². The normalized spacial score (nSPS) is 13.4. The van der Waals surface area contributed by atoms with Crippen LogP contribution < -0.4 is 9.64 Å². The molecule has 0 saturated heterocycles. The van der Waals surface area contributed by atoms with Crippen molar-refractivity contribution < 1.29 is 19.4 Å². The Bertz CT molecular complexity index is 456. The maximum Gasteiger partial charge on any atom is 0.411 e. The van der Waals surface area contributed by atoms with E-state index in [2.05, 4.69) is 0 Å². The van der Waals surface area contributed by atoms with Gasteiger partial charge in [0.25, 0.3) is 0 Å². The number of rotatable bonds is 2. The van der Waals surface area contributed by atoms with Crippen molar-refractivity contribution in [3.8, 4) is 5.75 Å². The van der Waals surface area contributed by atoms with Gasteiger partial charge in [0.1, 0.15) is 5.75 Å². The lowest BCUT2D eigenvalue weighted by atomic mass is 10.1. The number of ether oxygens (including phenoxy) is 1. The molecular weight excluding hydrogens is 210 g/mol. The standard InChI is InChI=1S/C11H11NO4/c1-16-10-5-9-7(4-8(10)6-13)2-3-12(9)11(14)15/h4-6H,2-3H2,1H3,(H,14,15). The van der Waals surface area contributed by atoms with E-state index in [-0.39, 0.29) is 0 Å². The summed E-state index contributed by atoms with van der Waals surface area (Å²) >= 11 is 0. The average molecular weight is 221 g/mol. The van der Waals surface area contributed by atoms with Gasteiger partial charge in [0.2, 0.25) is 0 Å². The topological polar surface area (TPSA) is 66.8 Å². The number of fused-ring (bicyclic) bond motifs is 1. The van der Waals surface area contributed by atoms with Gasteiger partial charge in [0.15, 0.2) is 6.29 Å². The van der Waals surface area contributed by atoms with Gasteiger partial charge in [-0.05, 0) is 18.1 Å². The first kappa shape index (κ1) is 10.5. The molecule has 1 aromatic rings. The number of hydrogen-bond acceptors (Lipinski definition) is 3. The van der Waals surface area contributed by atoms with E-state index in [1.54, 1.807) is 12.1 Å². The molecule has 0 spiro atoms. The van der Waals surface area contributed by atoms with Gasteiger partial charge < -0.3 is 9.84 Å². The van der Waals surface area contributed by atoms with Gasteiger partial charge in [-0.2, -0.15) is 0 Å². The first-order chi connectivity index (χ1) is 7.67. The third kappa shape index (κ3) is 1.50. The van der Waals surface area contributed by atoms with Gasteiger partial charge in [-0.25, -0.2) is 4.79 Å². The number of aldehydes is 1. The number of carbonyl (C=O) groups excluding carboxylic acids is 1. The van der Waals surface area contributed by atoms with Crippen LogP contribution in [0.1, 0.15) is 15.9 Å². The zero-order valence-electron chi connectivity index (χ0n) is 8.77. The van der Waals surface area contributed by atoms with Gasteiger partial charge in [-0.3, -0.25) is 9.69 Å². The fourth-order valence-corrected chi connectivity index (χ4v) is 1.90. The zero-order valence-corrected chi connectivity index (χ0v) is 8.77. The molecular formula is C11H11NO4. The van der Waals surface area contributed by atoms with E-state index in [1.807, 2.05) is 0 Å². The lowest BCUT2D eigenvalue weighted by Crippen LogP contribution is -2.26. The number of amides is 1. The fourth-order valence-electron chi connectivity index (χ4n) is 1.90. The Kier molecular flexibility index (Phi) is 2.52. The molecule has 0 bridgehead atoms. The van der Waals surface area contributed by atoms with Crippen LogP contribution in [0.3, 0.4) is 0 Å². The molecule has 1 N–H and O–H groups in total. The maximum absolute atomic E-state index is 10.9. The van der Waals surface area contributed by atoms with Crippen LogP contribution in [0.2, 0.25) is 0 Å². The molecule has 0 atom stereocenters. The van der Waals surface area contributed by atoms with Gasteiger partial charge in [-0.1, -0.05) is 0 Å². The summed E-state index contributed by atoms with van der Waals surface area (Å²) < 4.78 is 5.04. The van der Waals surface area contributed by atoms with Crippen LogP contribution in [0.5, 0.6) is 5.75 Å². The third-order valence-corrected chi connectivity index (χ3v) is 2.68. The van der Waals surface area contributed by atoms with Crippen LogP contribution in [-0.2, 0) is 6.42 Å². The smallest absolute Gasteiger partial charge is 0.411 e. The number of nitrogens with zero attached hydrogens (tertiary/aromatic N) is 1. The van der Waals surface area contributed by atoms with Crippen molar-refractivity contribution in [3.05, 3.63) is 23.3 Å². The first-order valence-corrected chi connectivity index (χ1v) is 4.84. The predicted molar refractivity (Wildman–Crippen MR) is 57.5 cm³/mol. The van der Waals surface area contributed by atoms with E-state index < -0.39 is 6.09 Å². The van der Waals surface area contributed by atoms with Crippen molar-refractivity contribution in [2.45, 2.75) is 6.42 Å². The highest BCUT2D eigenvalue weighted by molar-refractivity contribution is 5.91. The molecule has 0 aliphatic carbocycles. The molecule has 5 heteroatoms. The van der Waals surface area contributed by atoms with Crippen molar-refractivity contribution in [3.63, 3.8) is 0 Å². The molecule has 1 aromatic carbocycles. The Hall–Kier alpha value is -2.04. The second kappa shape index (κ2) is 3.84. The van der Waals surface area contributed by atoms with E-state index in [0.29, 0.717) is 36.3 Å². The molecule has 0 fully saturated rings. The highest BCUT2D eigenvalue weighted by atomic mass is 16.5. The van der Waals surface area contributed by atoms with Crippen LogP contribution in [0.25, 0.3) is 0 Å². The second-order valence-electron chi connectivity index (χ2n) is 3.52. The summed E-state index contributed by atoms with van der Waals surface area (Å²) in [7, 11) is 1.45. The van der Waals surface area contributed by atoms with E-state index in [9.17, 15) is 9.59 Å². The van der Waals surface area contributed by atoms with E-state index >= 15 is 0 Å². The molecule has 1 amide bonds. The largest absolute Gasteiger partial charge is 0.496 e. The van der Waals surface area contributed by atoms with Crippen LogP contribution >= 0.6 is 0 Å². The monoisotopic (exact) mass is 221 g/mol. The molecule has 0 aromatic heterocycles.